The van der Waals surface area contributed by atoms with Gasteiger partial charge in [-0.2, -0.15) is 0 Å². The van der Waals surface area contributed by atoms with Crippen molar-refractivity contribution in [3.05, 3.63) is 21.4 Å². The summed E-state index contributed by atoms with van der Waals surface area (Å²) >= 11 is 1.88. The molecule has 1 aliphatic carbocycles. The van der Waals surface area contributed by atoms with Gasteiger partial charge in [0, 0.05) is 11.5 Å². The predicted molar refractivity (Wildman–Crippen MR) is 51.8 cm³/mol. The van der Waals surface area contributed by atoms with Crippen molar-refractivity contribution in [1.29, 1.82) is 0 Å². The van der Waals surface area contributed by atoms with E-state index in [1.54, 1.807) is 10.4 Å². The third-order valence-electron chi connectivity index (χ3n) is 2.53. The topological polar surface area (TPSA) is 20.2 Å². The molecule has 0 radical (unpaired) electrons. The first-order chi connectivity index (χ1) is 5.92. The average molecular weight is 182 g/mol. The zero-order valence-electron chi connectivity index (χ0n) is 7.18. The lowest BCUT2D eigenvalue weighted by Gasteiger charge is -2.11. The molecule has 66 valence electrons. The molecular weight excluding hydrogens is 168 g/mol. The van der Waals surface area contributed by atoms with Crippen LogP contribution in [0, 0.1) is 0 Å². The first kappa shape index (κ1) is 8.27. The summed E-state index contributed by atoms with van der Waals surface area (Å²) in [6, 6.07) is 0. The second-order valence-corrected chi connectivity index (χ2v) is 4.31. The highest BCUT2D eigenvalue weighted by atomic mass is 32.1. The standard InChI is InChI=1S/C10H14OS/c11-6-5-8-7-12-10-4-2-1-3-9(8)10/h7,11H,1-6H2. The number of hydrogen-bond acceptors (Lipinski definition) is 2. The first-order valence-electron chi connectivity index (χ1n) is 4.61. The van der Waals surface area contributed by atoms with Crippen molar-refractivity contribution < 1.29 is 5.11 Å². The van der Waals surface area contributed by atoms with Gasteiger partial charge in [-0.05, 0) is 48.6 Å². The Hall–Kier alpha value is -0.340. The van der Waals surface area contributed by atoms with Crippen LogP contribution in [0.5, 0.6) is 0 Å². The molecule has 0 unspecified atom stereocenters. The molecule has 0 aliphatic heterocycles. The van der Waals surface area contributed by atoms with E-state index >= 15 is 0 Å². The Kier molecular flexibility index (Phi) is 2.47. The Morgan fingerprint density at radius 1 is 1.33 bits per heavy atom. The van der Waals surface area contributed by atoms with E-state index in [0.29, 0.717) is 6.61 Å². The molecule has 2 heteroatoms. The van der Waals surface area contributed by atoms with Crippen LogP contribution in [0.15, 0.2) is 5.38 Å². The number of aliphatic hydroxyl groups is 1. The molecular formula is C10H14OS. The van der Waals surface area contributed by atoms with Crippen LogP contribution in [0.25, 0.3) is 0 Å². The van der Waals surface area contributed by atoms with Crippen LogP contribution in [0.3, 0.4) is 0 Å². The van der Waals surface area contributed by atoms with E-state index in [2.05, 4.69) is 5.38 Å². The maximum absolute atomic E-state index is 8.84. The van der Waals surface area contributed by atoms with E-state index in [9.17, 15) is 0 Å². The molecule has 0 saturated heterocycles. The van der Waals surface area contributed by atoms with Gasteiger partial charge in [0.15, 0.2) is 0 Å². The zero-order chi connectivity index (χ0) is 8.39. The molecule has 0 aromatic carbocycles. The molecule has 0 saturated carbocycles. The van der Waals surface area contributed by atoms with Crippen molar-refractivity contribution in [3.63, 3.8) is 0 Å². The maximum atomic E-state index is 8.84. The Bertz CT molecular complexity index is 265. The molecule has 0 atom stereocenters. The van der Waals surface area contributed by atoms with Gasteiger partial charge in [-0.25, -0.2) is 0 Å². The van der Waals surface area contributed by atoms with Crippen LogP contribution in [-0.2, 0) is 19.3 Å². The predicted octanol–water partition coefficient (Wildman–Crippen LogP) is 2.16. The van der Waals surface area contributed by atoms with Crippen LogP contribution in [-0.4, -0.2) is 11.7 Å². The third-order valence-corrected chi connectivity index (χ3v) is 3.67. The van der Waals surface area contributed by atoms with Gasteiger partial charge in [-0.1, -0.05) is 0 Å². The highest BCUT2D eigenvalue weighted by Gasteiger charge is 2.14. The van der Waals surface area contributed by atoms with Crippen molar-refractivity contribution in [2.24, 2.45) is 0 Å². The van der Waals surface area contributed by atoms with Gasteiger partial charge in [-0.15, -0.1) is 11.3 Å². The lowest BCUT2D eigenvalue weighted by molar-refractivity contribution is 0.299. The van der Waals surface area contributed by atoms with Crippen molar-refractivity contribution >= 4 is 11.3 Å². The fourth-order valence-corrected chi connectivity index (χ4v) is 3.07. The Morgan fingerprint density at radius 3 is 3.00 bits per heavy atom. The minimum absolute atomic E-state index is 0.295. The van der Waals surface area contributed by atoms with Gasteiger partial charge in [0.2, 0.25) is 0 Å². The van der Waals surface area contributed by atoms with Crippen LogP contribution in [0.2, 0.25) is 0 Å². The molecule has 1 heterocycles. The number of aryl methyl sites for hydroxylation is 1. The number of thiophene rings is 1. The number of hydrogen-bond donors (Lipinski definition) is 1. The van der Waals surface area contributed by atoms with Gasteiger partial charge in [0.05, 0.1) is 0 Å². The second kappa shape index (κ2) is 3.58. The number of aliphatic hydroxyl groups excluding tert-OH is 1. The number of rotatable bonds is 2. The molecule has 0 spiro atoms. The van der Waals surface area contributed by atoms with Gasteiger partial charge in [-0.3, -0.25) is 0 Å². The minimum atomic E-state index is 0.295. The summed E-state index contributed by atoms with van der Waals surface area (Å²) in [5.41, 5.74) is 2.96. The van der Waals surface area contributed by atoms with Crippen LogP contribution >= 0.6 is 11.3 Å². The average Bonchev–Trinajstić information content (AvgIpc) is 2.50. The van der Waals surface area contributed by atoms with Gasteiger partial charge in [0.1, 0.15) is 0 Å². The van der Waals surface area contributed by atoms with Crippen molar-refractivity contribution in [1.82, 2.24) is 0 Å². The fourth-order valence-electron chi connectivity index (χ4n) is 1.89. The smallest absolute Gasteiger partial charge is 0.0471 e. The summed E-state index contributed by atoms with van der Waals surface area (Å²) < 4.78 is 0. The van der Waals surface area contributed by atoms with Crippen molar-refractivity contribution in [2.45, 2.75) is 32.1 Å². The quantitative estimate of drug-likeness (QED) is 0.743. The fraction of sp³-hybridized carbons (Fsp3) is 0.600. The SMILES string of the molecule is OCCc1csc2c1CCCC2. The van der Waals surface area contributed by atoms with Crippen LogP contribution in [0.1, 0.15) is 28.8 Å². The van der Waals surface area contributed by atoms with E-state index in [-0.39, 0.29) is 0 Å². The van der Waals surface area contributed by atoms with Gasteiger partial charge < -0.3 is 5.11 Å². The minimum Gasteiger partial charge on any atom is -0.396 e. The van der Waals surface area contributed by atoms with E-state index in [1.807, 2.05) is 11.3 Å². The molecule has 1 aromatic heterocycles. The Balaban J connectivity index is 2.25. The summed E-state index contributed by atoms with van der Waals surface area (Å²) in [6.07, 6.45) is 6.06. The molecule has 1 N–H and O–H groups in total. The third kappa shape index (κ3) is 1.41. The first-order valence-corrected chi connectivity index (χ1v) is 5.49. The molecule has 1 nitrogen and oxygen atoms in total. The van der Waals surface area contributed by atoms with Gasteiger partial charge >= 0.3 is 0 Å². The van der Waals surface area contributed by atoms with E-state index in [1.165, 1.54) is 31.2 Å². The molecule has 0 fully saturated rings. The summed E-state index contributed by atoms with van der Waals surface area (Å²) in [6.45, 7) is 0.295. The largest absolute Gasteiger partial charge is 0.396 e. The normalized spacial score (nSPS) is 16.1. The summed E-state index contributed by atoms with van der Waals surface area (Å²) in [5.74, 6) is 0. The molecule has 0 bridgehead atoms. The molecule has 12 heavy (non-hydrogen) atoms. The Morgan fingerprint density at radius 2 is 2.17 bits per heavy atom. The lowest BCUT2D eigenvalue weighted by atomic mass is 9.95. The molecule has 1 aromatic rings. The monoisotopic (exact) mass is 182 g/mol. The summed E-state index contributed by atoms with van der Waals surface area (Å²) in [4.78, 5) is 1.57. The van der Waals surface area contributed by atoms with Crippen LogP contribution < -0.4 is 0 Å². The molecule has 0 amide bonds. The van der Waals surface area contributed by atoms with Crippen molar-refractivity contribution in [3.8, 4) is 0 Å². The lowest BCUT2D eigenvalue weighted by Crippen LogP contribution is -2.02. The van der Waals surface area contributed by atoms with E-state index in [0.717, 1.165) is 6.42 Å². The highest BCUT2D eigenvalue weighted by Crippen LogP contribution is 2.30. The molecule has 2 rings (SSSR count). The second-order valence-electron chi connectivity index (χ2n) is 3.34. The van der Waals surface area contributed by atoms with Gasteiger partial charge in [0.25, 0.3) is 0 Å². The summed E-state index contributed by atoms with van der Waals surface area (Å²) in [5, 5.41) is 11.1. The molecule has 1 aliphatic rings. The van der Waals surface area contributed by atoms with Crippen LogP contribution in [0.4, 0.5) is 0 Å². The zero-order valence-corrected chi connectivity index (χ0v) is 7.99. The maximum Gasteiger partial charge on any atom is 0.0471 e. The highest BCUT2D eigenvalue weighted by molar-refractivity contribution is 7.10. The van der Waals surface area contributed by atoms with Crippen molar-refractivity contribution in [2.75, 3.05) is 6.61 Å². The number of fused-ring (bicyclic) bond motifs is 1. The van der Waals surface area contributed by atoms with E-state index in [4.69, 9.17) is 5.11 Å². The van der Waals surface area contributed by atoms with E-state index < -0.39 is 0 Å². The Labute approximate surface area is 77.0 Å². The summed E-state index contributed by atoms with van der Waals surface area (Å²) in [7, 11) is 0.